The third-order valence-corrected chi connectivity index (χ3v) is 2.91. The van der Waals surface area contributed by atoms with Crippen molar-refractivity contribution >= 4 is 11.3 Å². The lowest BCUT2D eigenvalue weighted by Gasteiger charge is -2.07. The maximum Gasteiger partial charge on any atom is 0.175 e. The number of ether oxygens (including phenoxy) is 1. The lowest BCUT2D eigenvalue weighted by Crippen LogP contribution is -2.02. The zero-order valence-corrected chi connectivity index (χ0v) is 10.6. The standard InChI is InChI=1S/C14H14N4O/c1-10-6-7-18-13(8-10)16-17-14(18)9-19-12-5-3-2-4-11(12)15/h2-8H,9,15H2,1H3. The van der Waals surface area contributed by atoms with Crippen molar-refractivity contribution in [3.05, 3.63) is 54.0 Å². The number of nitrogens with zero attached hydrogens (tertiary/aromatic N) is 3. The van der Waals surface area contributed by atoms with Gasteiger partial charge in [0.15, 0.2) is 11.5 Å². The fraction of sp³-hybridized carbons (Fsp3) is 0.143. The molecule has 1 aromatic carbocycles. The van der Waals surface area contributed by atoms with Crippen LogP contribution in [0.25, 0.3) is 5.65 Å². The van der Waals surface area contributed by atoms with Crippen LogP contribution in [0.5, 0.6) is 5.75 Å². The van der Waals surface area contributed by atoms with Crippen LogP contribution in [0.15, 0.2) is 42.6 Å². The number of aromatic nitrogens is 3. The zero-order valence-electron chi connectivity index (χ0n) is 10.6. The molecule has 0 unspecified atom stereocenters. The summed E-state index contributed by atoms with van der Waals surface area (Å²) in [5.74, 6) is 1.41. The molecule has 0 aliphatic heterocycles. The number of hydrogen-bond acceptors (Lipinski definition) is 4. The van der Waals surface area contributed by atoms with Crippen molar-refractivity contribution in [2.75, 3.05) is 5.73 Å². The van der Waals surface area contributed by atoms with Gasteiger partial charge in [-0.15, -0.1) is 10.2 Å². The quantitative estimate of drug-likeness (QED) is 0.728. The van der Waals surface area contributed by atoms with Crippen molar-refractivity contribution in [3.63, 3.8) is 0 Å². The maximum absolute atomic E-state index is 5.82. The first-order valence-corrected chi connectivity index (χ1v) is 6.01. The van der Waals surface area contributed by atoms with Gasteiger partial charge in [0, 0.05) is 6.20 Å². The molecule has 0 saturated carbocycles. The molecule has 0 aliphatic rings. The van der Waals surface area contributed by atoms with E-state index in [1.807, 2.05) is 47.9 Å². The Labute approximate surface area is 110 Å². The van der Waals surface area contributed by atoms with Crippen LogP contribution < -0.4 is 10.5 Å². The number of hydrogen-bond donors (Lipinski definition) is 1. The van der Waals surface area contributed by atoms with E-state index < -0.39 is 0 Å². The normalized spacial score (nSPS) is 10.8. The largest absolute Gasteiger partial charge is 0.483 e. The number of nitrogen functional groups attached to an aromatic ring is 1. The fourth-order valence-electron chi connectivity index (χ4n) is 1.89. The van der Waals surface area contributed by atoms with E-state index in [4.69, 9.17) is 10.5 Å². The molecule has 5 heteroatoms. The van der Waals surface area contributed by atoms with E-state index in [1.165, 1.54) is 0 Å². The second kappa shape index (κ2) is 4.61. The molecule has 0 radical (unpaired) electrons. The van der Waals surface area contributed by atoms with Crippen LogP contribution in [0, 0.1) is 6.92 Å². The molecule has 19 heavy (non-hydrogen) atoms. The van der Waals surface area contributed by atoms with Crippen molar-refractivity contribution in [1.29, 1.82) is 0 Å². The number of para-hydroxylation sites is 2. The van der Waals surface area contributed by atoms with Crippen molar-refractivity contribution in [2.24, 2.45) is 0 Å². The van der Waals surface area contributed by atoms with Crippen LogP contribution in [0.4, 0.5) is 5.69 Å². The summed E-state index contributed by atoms with van der Waals surface area (Å²) >= 11 is 0. The van der Waals surface area contributed by atoms with Crippen LogP contribution >= 0.6 is 0 Å². The summed E-state index contributed by atoms with van der Waals surface area (Å²) in [6, 6.07) is 11.4. The number of nitrogens with two attached hydrogens (primary N) is 1. The minimum absolute atomic E-state index is 0.332. The Balaban J connectivity index is 1.84. The molecule has 3 aromatic rings. The van der Waals surface area contributed by atoms with Gasteiger partial charge >= 0.3 is 0 Å². The Morgan fingerprint density at radius 2 is 2.05 bits per heavy atom. The van der Waals surface area contributed by atoms with Gasteiger partial charge in [-0.05, 0) is 36.8 Å². The Morgan fingerprint density at radius 3 is 2.89 bits per heavy atom. The summed E-state index contributed by atoms with van der Waals surface area (Å²) in [4.78, 5) is 0. The smallest absolute Gasteiger partial charge is 0.175 e. The molecule has 2 N–H and O–H groups in total. The first-order valence-electron chi connectivity index (χ1n) is 6.01. The predicted molar refractivity (Wildman–Crippen MR) is 72.9 cm³/mol. The van der Waals surface area contributed by atoms with Crippen LogP contribution in [-0.4, -0.2) is 14.6 Å². The average molecular weight is 254 g/mol. The monoisotopic (exact) mass is 254 g/mol. The minimum Gasteiger partial charge on any atom is -0.483 e. The maximum atomic E-state index is 5.82. The third kappa shape index (κ3) is 2.22. The van der Waals surface area contributed by atoms with Gasteiger partial charge in [0.05, 0.1) is 5.69 Å². The number of rotatable bonds is 3. The SMILES string of the molecule is Cc1ccn2c(COc3ccccc3N)nnc2c1. The number of pyridine rings is 1. The fourth-order valence-corrected chi connectivity index (χ4v) is 1.89. The van der Waals surface area contributed by atoms with Crippen LogP contribution in [-0.2, 0) is 6.61 Å². The van der Waals surface area contributed by atoms with Crippen molar-refractivity contribution in [1.82, 2.24) is 14.6 Å². The highest BCUT2D eigenvalue weighted by molar-refractivity contribution is 5.51. The molecular formula is C14H14N4O. The lowest BCUT2D eigenvalue weighted by molar-refractivity contribution is 0.296. The Hall–Kier alpha value is -2.56. The number of aryl methyl sites for hydroxylation is 1. The number of anilines is 1. The van der Waals surface area contributed by atoms with E-state index >= 15 is 0 Å². The summed E-state index contributed by atoms with van der Waals surface area (Å²) in [6.07, 6.45) is 1.94. The summed E-state index contributed by atoms with van der Waals surface area (Å²) < 4.78 is 7.58. The van der Waals surface area contributed by atoms with E-state index in [2.05, 4.69) is 10.2 Å². The second-order valence-electron chi connectivity index (χ2n) is 4.38. The van der Waals surface area contributed by atoms with Crippen LogP contribution in [0.3, 0.4) is 0 Å². The van der Waals surface area contributed by atoms with Crippen molar-refractivity contribution in [3.8, 4) is 5.75 Å². The summed E-state index contributed by atoms with van der Waals surface area (Å²) in [5, 5.41) is 8.24. The van der Waals surface area contributed by atoms with E-state index in [0.29, 0.717) is 18.0 Å². The Bertz CT molecular complexity index is 720. The lowest BCUT2D eigenvalue weighted by atomic mass is 10.3. The van der Waals surface area contributed by atoms with Crippen LogP contribution in [0.1, 0.15) is 11.4 Å². The molecule has 0 saturated heterocycles. The highest BCUT2D eigenvalue weighted by atomic mass is 16.5. The van der Waals surface area contributed by atoms with Gasteiger partial charge in [-0.25, -0.2) is 0 Å². The van der Waals surface area contributed by atoms with E-state index in [0.717, 1.165) is 17.0 Å². The molecule has 2 heterocycles. The molecule has 0 amide bonds. The summed E-state index contributed by atoms with van der Waals surface area (Å²) in [5.41, 5.74) is 8.41. The van der Waals surface area contributed by atoms with Crippen LogP contribution in [0.2, 0.25) is 0 Å². The minimum atomic E-state index is 0.332. The summed E-state index contributed by atoms with van der Waals surface area (Å²) in [7, 11) is 0. The molecule has 0 spiro atoms. The van der Waals surface area contributed by atoms with Gasteiger partial charge in [-0.3, -0.25) is 4.40 Å². The third-order valence-electron chi connectivity index (χ3n) is 2.91. The molecule has 5 nitrogen and oxygen atoms in total. The highest BCUT2D eigenvalue weighted by Gasteiger charge is 2.07. The molecule has 0 atom stereocenters. The number of fused-ring (bicyclic) bond motifs is 1. The first kappa shape index (κ1) is 11.5. The molecule has 0 aliphatic carbocycles. The molecular weight excluding hydrogens is 240 g/mol. The van der Waals surface area contributed by atoms with Gasteiger partial charge in [0.2, 0.25) is 0 Å². The Kier molecular flexibility index (Phi) is 2.79. The van der Waals surface area contributed by atoms with Gasteiger partial charge in [-0.1, -0.05) is 12.1 Å². The first-order chi connectivity index (χ1) is 9.24. The highest BCUT2D eigenvalue weighted by Crippen LogP contribution is 2.20. The van der Waals surface area contributed by atoms with E-state index in [-0.39, 0.29) is 0 Å². The molecule has 0 fully saturated rings. The molecule has 96 valence electrons. The predicted octanol–water partition coefficient (Wildman–Crippen LogP) is 2.20. The van der Waals surface area contributed by atoms with E-state index in [9.17, 15) is 0 Å². The molecule has 3 rings (SSSR count). The Morgan fingerprint density at radius 1 is 1.21 bits per heavy atom. The topological polar surface area (TPSA) is 65.4 Å². The summed E-state index contributed by atoms with van der Waals surface area (Å²) in [6.45, 7) is 2.36. The zero-order chi connectivity index (χ0) is 13.2. The molecule has 2 aromatic heterocycles. The van der Waals surface area contributed by atoms with Gasteiger partial charge in [0.25, 0.3) is 0 Å². The van der Waals surface area contributed by atoms with Gasteiger partial charge in [0.1, 0.15) is 12.4 Å². The van der Waals surface area contributed by atoms with Crippen molar-refractivity contribution < 1.29 is 4.74 Å². The second-order valence-corrected chi connectivity index (χ2v) is 4.38. The van der Waals surface area contributed by atoms with Gasteiger partial charge in [-0.2, -0.15) is 0 Å². The average Bonchev–Trinajstić information content (AvgIpc) is 2.80. The van der Waals surface area contributed by atoms with Gasteiger partial charge < -0.3 is 10.5 Å². The van der Waals surface area contributed by atoms with Crippen molar-refractivity contribution in [2.45, 2.75) is 13.5 Å². The van der Waals surface area contributed by atoms with E-state index in [1.54, 1.807) is 6.07 Å². The number of benzene rings is 1. The molecule has 0 bridgehead atoms.